The Kier molecular flexibility index (Phi) is 5.00. The van der Waals surface area contributed by atoms with Crippen LogP contribution in [0.15, 0.2) is 36.5 Å². The molecule has 1 aromatic heterocycles. The lowest BCUT2D eigenvalue weighted by Crippen LogP contribution is -2.25. The van der Waals surface area contributed by atoms with Crippen LogP contribution in [-0.2, 0) is 17.8 Å². The number of nitrogens with two attached hydrogens (primary N) is 1. The molecule has 1 amide bonds. The Hall–Kier alpha value is -2.27. The molecule has 0 saturated carbocycles. The van der Waals surface area contributed by atoms with Gasteiger partial charge in [-0.3, -0.25) is 9.78 Å². The molecule has 0 atom stereocenters. The van der Waals surface area contributed by atoms with E-state index in [1.54, 1.807) is 37.4 Å². The third-order valence-electron chi connectivity index (χ3n) is 2.95. The molecule has 110 valence electrons. The summed E-state index contributed by atoms with van der Waals surface area (Å²) < 4.78 is 5.23. The first-order valence-corrected chi connectivity index (χ1v) is 6.76. The summed E-state index contributed by atoms with van der Waals surface area (Å²) in [5.41, 5.74) is 7.53. The van der Waals surface area contributed by atoms with Gasteiger partial charge in [-0.25, -0.2) is 0 Å². The topological polar surface area (TPSA) is 77.2 Å². The number of hydrogen-bond donors (Lipinski definition) is 2. The molecule has 2 rings (SSSR count). The molecule has 1 aromatic carbocycles. The van der Waals surface area contributed by atoms with Crippen LogP contribution in [0.5, 0.6) is 5.75 Å². The number of carbonyl (C=O) groups excluding carboxylic acids is 1. The van der Waals surface area contributed by atoms with Crippen LogP contribution < -0.4 is 15.8 Å². The second-order valence-electron chi connectivity index (χ2n) is 4.46. The number of amides is 1. The Balaban J connectivity index is 1.97. The van der Waals surface area contributed by atoms with E-state index in [-0.39, 0.29) is 12.3 Å². The minimum atomic E-state index is -0.144. The van der Waals surface area contributed by atoms with Crippen LogP contribution >= 0.6 is 11.6 Å². The minimum Gasteiger partial charge on any atom is -0.496 e. The first-order valence-electron chi connectivity index (χ1n) is 6.38. The third-order valence-corrected chi connectivity index (χ3v) is 3.30. The molecule has 21 heavy (non-hydrogen) atoms. The van der Waals surface area contributed by atoms with Crippen LogP contribution in [0.25, 0.3) is 0 Å². The minimum absolute atomic E-state index is 0.144. The fourth-order valence-electron chi connectivity index (χ4n) is 1.86. The van der Waals surface area contributed by atoms with Gasteiger partial charge in [-0.05, 0) is 24.3 Å². The van der Waals surface area contributed by atoms with E-state index in [0.29, 0.717) is 28.7 Å². The summed E-state index contributed by atoms with van der Waals surface area (Å²) >= 11 is 6.11. The molecule has 6 heteroatoms. The quantitative estimate of drug-likeness (QED) is 0.887. The van der Waals surface area contributed by atoms with Crippen molar-refractivity contribution in [3.05, 3.63) is 52.8 Å². The van der Waals surface area contributed by atoms with Gasteiger partial charge in [-0.15, -0.1) is 0 Å². The summed E-state index contributed by atoms with van der Waals surface area (Å²) in [6.45, 7) is 0.302. The number of carbonyl (C=O) groups is 1. The standard InChI is InChI=1S/C15H16ClN3O2/c1-21-14-4-2-3-13(16)12(14)9-19-15(20)7-11-6-5-10(17)8-18-11/h2-6,8H,7,9,17H2,1H3,(H,19,20). The number of nitrogens with zero attached hydrogens (tertiary/aromatic N) is 1. The van der Waals surface area contributed by atoms with Crippen LogP contribution in [0, 0.1) is 0 Å². The number of halogens is 1. The molecule has 0 spiro atoms. The van der Waals surface area contributed by atoms with Gasteiger partial charge in [0.1, 0.15) is 5.75 Å². The van der Waals surface area contributed by atoms with Gasteiger partial charge in [-0.1, -0.05) is 17.7 Å². The largest absolute Gasteiger partial charge is 0.496 e. The molecule has 1 heterocycles. The van der Waals surface area contributed by atoms with Crippen LogP contribution in [-0.4, -0.2) is 18.0 Å². The predicted molar refractivity (Wildman–Crippen MR) is 82.2 cm³/mol. The Morgan fingerprint density at radius 1 is 1.38 bits per heavy atom. The van der Waals surface area contributed by atoms with Crippen molar-refractivity contribution in [1.29, 1.82) is 0 Å². The van der Waals surface area contributed by atoms with Gasteiger partial charge in [-0.2, -0.15) is 0 Å². The van der Waals surface area contributed by atoms with E-state index < -0.39 is 0 Å². The van der Waals surface area contributed by atoms with Crippen molar-refractivity contribution in [3.8, 4) is 5.75 Å². The smallest absolute Gasteiger partial charge is 0.226 e. The van der Waals surface area contributed by atoms with E-state index in [9.17, 15) is 4.79 Å². The maximum Gasteiger partial charge on any atom is 0.226 e. The van der Waals surface area contributed by atoms with Crippen molar-refractivity contribution < 1.29 is 9.53 Å². The molecule has 0 saturated heterocycles. The molecule has 0 unspecified atom stereocenters. The number of ether oxygens (including phenoxy) is 1. The maximum atomic E-state index is 11.9. The lowest BCUT2D eigenvalue weighted by Gasteiger charge is -2.11. The van der Waals surface area contributed by atoms with E-state index in [1.165, 1.54) is 6.20 Å². The number of pyridine rings is 1. The third kappa shape index (κ3) is 4.10. The van der Waals surface area contributed by atoms with Crippen molar-refractivity contribution >= 4 is 23.2 Å². The van der Waals surface area contributed by atoms with Gasteiger partial charge in [0.05, 0.1) is 25.4 Å². The van der Waals surface area contributed by atoms with Gasteiger partial charge >= 0.3 is 0 Å². The maximum absolute atomic E-state index is 11.9. The Bertz CT molecular complexity index is 629. The van der Waals surface area contributed by atoms with E-state index in [4.69, 9.17) is 22.1 Å². The van der Waals surface area contributed by atoms with Gasteiger partial charge in [0.15, 0.2) is 0 Å². The molecule has 0 aliphatic carbocycles. The highest BCUT2D eigenvalue weighted by molar-refractivity contribution is 6.31. The van der Waals surface area contributed by atoms with E-state index in [2.05, 4.69) is 10.3 Å². The highest BCUT2D eigenvalue weighted by Crippen LogP contribution is 2.25. The van der Waals surface area contributed by atoms with E-state index in [1.807, 2.05) is 0 Å². The van der Waals surface area contributed by atoms with Crippen molar-refractivity contribution in [2.24, 2.45) is 0 Å². The summed E-state index contributed by atoms with van der Waals surface area (Å²) in [4.78, 5) is 16.0. The number of nitrogens with one attached hydrogen (secondary N) is 1. The fourth-order valence-corrected chi connectivity index (χ4v) is 2.09. The highest BCUT2D eigenvalue weighted by Gasteiger charge is 2.10. The normalized spacial score (nSPS) is 10.2. The highest BCUT2D eigenvalue weighted by atomic mass is 35.5. The predicted octanol–water partition coefficient (Wildman–Crippen LogP) is 2.18. The number of anilines is 1. The van der Waals surface area contributed by atoms with Gasteiger partial charge in [0.25, 0.3) is 0 Å². The van der Waals surface area contributed by atoms with Crippen LogP contribution in [0.2, 0.25) is 5.02 Å². The average Bonchev–Trinajstić information content (AvgIpc) is 2.48. The van der Waals surface area contributed by atoms with E-state index in [0.717, 1.165) is 5.56 Å². The SMILES string of the molecule is COc1cccc(Cl)c1CNC(=O)Cc1ccc(N)cn1. The monoisotopic (exact) mass is 305 g/mol. The lowest BCUT2D eigenvalue weighted by atomic mass is 10.2. The molecule has 2 aromatic rings. The fraction of sp³-hybridized carbons (Fsp3) is 0.200. The second kappa shape index (κ2) is 6.95. The first kappa shape index (κ1) is 15.1. The van der Waals surface area contributed by atoms with Gasteiger partial charge < -0.3 is 15.8 Å². The summed E-state index contributed by atoms with van der Waals surface area (Å²) in [6.07, 6.45) is 1.72. The number of nitrogen functional groups attached to an aromatic ring is 1. The zero-order chi connectivity index (χ0) is 15.2. The van der Waals surface area contributed by atoms with E-state index >= 15 is 0 Å². The Labute approximate surface area is 128 Å². The van der Waals surface area contributed by atoms with Gasteiger partial charge in [0.2, 0.25) is 5.91 Å². The molecule has 3 N–H and O–H groups in total. The number of aromatic nitrogens is 1. The second-order valence-corrected chi connectivity index (χ2v) is 4.86. The molecule has 0 aliphatic heterocycles. The number of rotatable bonds is 5. The molecule has 0 bridgehead atoms. The number of hydrogen-bond acceptors (Lipinski definition) is 4. The van der Waals surface area contributed by atoms with Crippen molar-refractivity contribution in [2.75, 3.05) is 12.8 Å². The summed E-state index contributed by atoms with van der Waals surface area (Å²) in [7, 11) is 1.56. The lowest BCUT2D eigenvalue weighted by molar-refractivity contribution is -0.120. The van der Waals surface area contributed by atoms with Crippen LogP contribution in [0.4, 0.5) is 5.69 Å². The molecule has 0 radical (unpaired) electrons. The summed E-state index contributed by atoms with van der Waals surface area (Å²) in [6, 6.07) is 8.80. The van der Waals surface area contributed by atoms with Gasteiger partial charge in [0, 0.05) is 22.8 Å². The number of benzene rings is 1. The zero-order valence-corrected chi connectivity index (χ0v) is 12.4. The first-order chi connectivity index (χ1) is 10.1. The Morgan fingerprint density at radius 2 is 2.19 bits per heavy atom. The molecular formula is C15H16ClN3O2. The van der Waals surface area contributed by atoms with Crippen LogP contribution in [0.3, 0.4) is 0 Å². The summed E-state index contributed by atoms with van der Waals surface area (Å²) in [5.74, 6) is 0.502. The number of methoxy groups -OCH3 is 1. The van der Waals surface area contributed by atoms with Crippen molar-refractivity contribution in [3.63, 3.8) is 0 Å². The average molecular weight is 306 g/mol. The van der Waals surface area contributed by atoms with Crippen molar-refractivity contribution in [2.45, 2.75) is 13.0 Å². The molecule has 5 nitrogen and oxygen atoms in total. The molecule has 0 fully saturated rings. The molecular weight excluding hydrogens is 290 g/mol. The summed E-state index contributed by atoms with van der Waals surface area (Å²) in [5, 5.41) is 3.36. The van der Waals surface area contributed by atoms with Crippen molar-refractivity contribution in [1.82, 2.24) is 10.3 Å². The zero-order valence-electron chi connectivity index (χ0n) is 11.6. The Morgan fingerprint density at radius 3 is 2.86 bits per heavy atom. The molecule has 0 aliphatic rings. The van der Waals surface area contributed by atoms with Crippen LogP contribution in [0.1, 0.15) is 11.3 Å².